The maximum Gasteiger partial charge on any atom is 0.255 e. The van der Waals surface area contributed by atoms with Gasteiger partial charge in [-0.05, 0) is 42.3 Å². The van der Waals surface area contributed by atoms with Gasteiger partial charge in [0, 0.05) is 43.4 Å². The molecule has 0 saturated carbocycles. The molecule has 0 radical (unpaired) electrons. The first-order valence-corrected chi connectivity index (χ1v) is 8.57. The zero-order valence-electron chi connectivity index (χ0n) is 14.6. The van der Waals surface area contributed by atoms with E-state index in [9.17, 15) is 14.4 Å². The van der Waals surface area contributed by atoms with Crippen molar-refractivity contribution in [1.29, 1.82) is 0 Å². The zero-order valence-corrected chi connectivity index (χ0v) is 14.6. The second-order valence-electron chi connectivity index (χ2n) is 6.34. The van der Waals surface area contributed by atoms with Gasteiger partial charge in [-0.25, -0.2) is 0 Å². The summed E-state index contributed by atoms with van der Waals surface area (Å²) < 4.78 is 0. The Morgan fingerprint density at radius 1 is 1.04 bits per heavy atom. The van der Waals surface area contributed by atoms with Crippen LogP contribution in [0.1, 0.15) is 35.7 Å². The largest absolute Gasteiger partial charge is 0.338 e. The molecule has 0 aromatic heterocycles. The van der Waals surface area contributed by atoms with Crippen LogP contribution in [0.5, 0.6) is 0 Å². The third-order valence-corrected chi connectivity index (χ3v) is 4.17. The molecule has 3 rings (SSSR count). The van der Waals surface area contributed by atoms with E-state index < -0.39 is 0 Å². The fraction of sp³-hybridized carbons (Fsp3) is 0.250. The highest BCUT2D eigenvalue weighted by molar-refractivity contribution is 6.05. The van der Waals surface area contributed by atoms with Crippen LogP contribution >= 0.6 is 0 Å². The summed E-state index contributed by atoms with van der Waals surface area (Å²) in [6.07, 6.45) is 1.51. The predicted molar refractivity (Wildman–Crippen MR) is 99.8 cm³/mol. The molecule has 1 aliphatic rings. The number of benzene rings is 2. The third kappa shape index (κ3) is 4.47. The van der Waals surface area contributed by atoms with Gasteiger partial charge < -0.3 is 15.5 Å². The first-order chi connectivity index (χ1) is 12.5. The highest BCUT2D eigenvalue weighted by Gasteiger charge is 2.20. The average molecular weight is 351 g/mol. The van der Waals surface area contributed by atoms with Crippen LogP contribution in [-0.2, 0) is 16.1 Å². The summed E-state index contributed by atoms with van der Waals surface area (Å²) >= 11 is 0. The topological polar surface area (TPSA) is 78.5 Å². The highest BCUT2D eigenvalue weighted by atomic mass is 16.2. The minimum absolute atomic E-state index is 0.175. The number of likely N-dealkylation sites (tertiary alicyclic amines) is 1. The van der Waals surface area contributed by atoms with Crippen molar-refractivity contribution >= 4 is 29.1 Å². The van der Waals surface area contributed by atoms with Gasteiger partial charge in [-0.2, -0.15) is 0 Å². The first kappa shape index (κ1) is 17.7. The summed E-state index contributed by atoms with van der Waals surface area (Å²) in [6, 6.07) is 14.3. The molecule has 134 valence electrons. The lowest BCUT2D eigenvalue weighted by molar-refractivity contribution is -0.128. The van der Waals surface area contributed by atoms with Crippen molar-refractivity contribution in [3.63, 3.8) is 0 Å². The fourth-order valence-corrected chi connectivity index (χ4v) is 2.98. The van der Waals surface area contributed by atoms with Gasteiger partial charge >= 0.3 is 0 Å². The lowest BCUT2D eigenvalue weighted by Gasteiger charge is -2.16. The number of nitrogens with zero attached hydrogens (tertiary/aromatic N) is 1. The molecule has 0 unspecified atom stereocenters. The third-order valence-electron chi connectivity index (χ3n) is 4.17. The molecule has 1 heterocycles. The summed E-state index contributed by atoms with van der Waals surface area (Å²) in [5, 5.41) is 5.52. The van der Waals surface area contributed by atoms with E-state index in [2.05, 4.69) is 10.6 Å². The summed E-state index contributed by atoms with van der Waals surface area (Å²) in [6.45, 7) is 2.76. The number of carbonyl (C=O) groups is 3. The van der Waals surface area contributed by atoms with E-state index in [-0.39, 0.29) is 17.7 Å². The van der Waals surface area contributed by atoms with Crippen molar-refractivity contribution in [3.05, 3.63) is 59.7 Å². The van der Waals surface area contributed by atoms with Crippen molar-refractivity contribution < 1.29 is 14.4 Å². The molecule has 0 aliphatic carbocycles. The second-order valence-corrected chi connectivity index (χ2v) is 6.34. The molecule has 0 spiro atoms. The summed E-state index contributed by atoms with van der Waals surface area (Å²) in [5.41, 5.74) is 2.68. The van der Waals surface area contributed by atoms with Crippen molar-refractivity contribution in [1.82, 2.24) is 4.90 Å². The molecular weight excluding hydrogens is 330 g/mol. The van der Waals surface area contributed by atoms with Gasteiger partial charge in [-0.3, -0.25) is 14.4 Å². The molecule has 2 aromatic rings. The van der Waals surface area contributed by atoms with E-state index in [0.717, 1.165) is 18.5 Å². The summed E-state index contributed by atoms with van der Waals surface area (Å²) in [5.74, 6) is -0.271. The van der Waals surface area contributed by atoms with E-state index in [0.29, 0.717) is 29.9 Å². The van der Waals surface area contributed by atoms with Gasteiger partial charge in [0.15, 0.2) is 0 Å². The number of hydrogen-bond donors (Lipinski definition) is 2. The predicted octanol–water partition coefficient (Wildman–Crippen LogP) is 3.02. The number of amides is 3. The van der Waals surface area contributed by atoms with E-state index in [1.165, 1.54) is 6.92 Å². The Morgan fingerprint density at radius 3 is 2.46 bits per heavy atom. The Morgan fingerprint density at radius 2 is 1.77 bits per heavy atom. The van der Waals surface area contributed by atoms with Crippen LogP contribution in [0.2, 0.25) is 0 Å². The van der Waals surface area contributed by atoms with Crippen LogP contribution in [-0.4, -0.2) is 29.2 Å². The van der Waals surface area contributed by atoms with Crippen molar-refractivity contribution in [2.24, 2.45) is 0 Å². The van der Waals surface area contributed by atoms with Crippen molar-refractivity contribution in [3.8, 4) is 0 Å². The number of rotatable bonds is 5. The standard InChI is InChI=1S/C20H21N3O3/c1-14(24)21-18-8-3-6-16(12-18)20(26)22-17-7-2-5-15(11-17)13-23-10-4-9-19(23)25/h2-3,5-8,11-12H,4,9-10,13H2,1H3,(H,21,24)(H,22,26). The van der Waals surface area contributed by atoms with E-state index in [1.807, 2.05) is 29.2 Å². The normalized spacial score (nSPS) is 13.6. The number of hydrogen-bond acceptors (Lipinski definition) is 3. The molecule has 0 atom stereocenters. The van der Waals surface area contributed by atoms with Gasteiger partial charge in [0.05, 0.1) is 0 Å². The Kier molecular flexibility index (Phi) is 5.31. The summed E-state index contributed by atoms with van der Waals surface area (Å²) in [4.78, 5) is 37.2. The molecular formula is C20H21N3O3. The SMILES string of the molecule is CC(=O)Nc1cccc(C(=O)Nc2cccc(CN3CCCC3=O)c2)c1. The first-order valence-electron chi connectivity index (χ1n) is 8.57. The van der Waals surface area contributed by atoms with Crippen molar-refractivity contribution in [2.45, 2.75) is 26.3 Å². The molecule has 3 amide bonds. The van der Waals surface area contributed by atoms with Crippen LogP contribution in [0.3, 0.4) is 0 Å². The molecule has 1 saturated heterocycles. The molecule has 6 heteroatoms. The van der Waals surface area contributed by atoms with Crippen LogP contribution in [0.4, 0.5) is 11.4 Å². The van der Waals surface area contributed by atoms with Gasteiger partial charge in [0.1, 0.15) is 0 Å². The monoisotopic (exact) mass is 351 g/mol. The Labute approximate surface area is 152 Å². The molecule has 2 aromatic carbocycles. The highest BCUT2D eigenvalue weighted by Crippen LogP contribution is 2.18. The van der Waals surface area contributed by atoms with Crippen LogP contribution in [0.25, 0.3) is 0 Å². The maximum absolute atomic E-state index is 12.5. The van der Waals surface area contributed by atoms with E-state index >= 15 is 0 Å². The lowest BCUT2D eigenvalue weighted by Crippen LogP contribution is -2.23. The van der Waals surface area contributed by atoms with Crippen LogP contribution in [0.15, 0.2) is 48.5 Å². The minimum atomic E-state index is -0.258. The number of nitrogens with one attached hydrogen (secondary N) is 2. The zero-order chi connectivity index (χ0) is 18.5. The minimum Gasteiger partial charge on any atom is -0.338 e. The summed E-state index contributed by atoms with van der Waals surface area (Å²) in [7, 11) is 0. The van der Waals surface area contributed by atoms with Gasteiger partial charge in [-0.1, -0.05) is 18.2 Å². The Hall–Kier alpha value is -3.15. The van der Waals surface area contributed by atoms with Crippen molar-refractivity contribution in [2.75, 3.05) is 17.2 Å². The molecule has 2 N–H and O–H groups in total. The van der Waals surface area contributed by atoms with Gasteiger partial charge in [0.25, 0.3) is 5.91 Å². The molecule has 6 nitrogen and oxygen atoms in total. The number of carbonyl (C=O) groups excluding carboxylic acids is 3. The Bertz CT molecular complexity index is 848. The smallest absolute Gasteiger partial charge is 0.255 e. The molecule has 1 aliphatic heterocycles. The van der Waals surface area contributed by atoms with Gasteiger partial charge in [-0.15, -0.1) is 0 Å². The lowest BCUT2D eigenvalue weighted by atomic mass is 10.1. The van der Waals surface area contributed by atoms with E-state index in [4.69, 9.17) is 0 Å². The molecule has 0 bridgehead atoms. The second kappa shape index (κ2) is 7.82. The van der Waals surface area contributed by atoms with Gasteiger partial charge in [0.2, 0.25) is 11.8 Å². The maximum atomic E-state index is 12.5. The Balaban J connectivity index is 1.68. The average Bonchev–Trinajstić information content (AvgIpc) is 3.00. The number of anilines is 2. The van der Waals surface area contributed by atoms with E-state index in [1.54, 1.807) is 24.3 Å². The quantitative estimate of drug-likeness (QED) is 0.869. The van der Waals surface area contributed by atoms with Crippen LogP contribution < -0.4 is 10.6 Å². The molecule has 26 heavy (non-hydrogen) atoms. The van der Waals surface area contributed by atoms with Crippen LogP contribution in [0, 0.1) is 0 Å². The molecule has 1 fully saturated rings. The fourth-order valence-electron chi connectivity index (χ4n) is 2.98.